The molecule has 5 rings (SSSR count). The number of anilines is 3. The van der Waals surface area contributed by atoms with Crippen LogP contribution in [0, 0.1) is 5.41 Å². The van der Waals surface area contributed by atoms with E-state index in [1.54, 1.807) is 20.3 Å². The summed E-state index contributed by atoms with van der Waals surface area (Å²) in [6.07, 6.45) is 11.8. The largest absolute Gasteiger partial charge is 0.497 e. The number of ether oxygens (including phenoxy) is 2. The van der Waals surface area contributed by atoms with Gasteiger partial charge in [0, 0.05) is 30.2 Å². The number of amides is 2. The topological polar surface area (TPSA) is 62.3 Å². The molecule has 3 aromatic rings. The van der Waals surface area contributed by atoms with Crippen LogP contribution in [0.5, 0.6) is 11.5 Å². The van der Waals surface area contributed by atoms with Crippen molar-refractivity contribution in [2.45, 2.75) is 40.5 Å². The Morgan fingerprint density at radius 3 is 1.67 bits per heavy atom. The normalized spacial score (nSPS) is 17.2. The number of hydrogen-bond acceptors (Lipinski definition) is 6. The minimum atomic E-state index is -0.339. The molecule has 1 aliphatic carbocycles. The monoisotopic (exact) mass is 661 g/mol. The van der Waals surface area contributed by atoms with Crippen LogP contribution in [-0.2, 0) is 9.59 Å². The van der Waals surface area contributed by atoms with E-state index in [4.69, 9.17) is 21.7 Å². The van der Waals surface area contributed by atoms with E-state index in [0.717, 1.165) is 52.5 Å². The summed E-state index contributed by atoms with van der Waals surface area (Å²) >= 11 is 5.40. The highest BCUT2D eigenvalue weighted by atomic mass is 32.1. The molecular weight excluding hydrogens is 619 g/mol. The Morgan fingerprint density at radius 2 is 1.21 bits per heavy atom. The molecule has 2 aliphatic rings. The summed E-state index contributed by atoms with van der Waals surface area (Å²) in [4.78, 5) is 31.4. The lowest BCUT2D eigenvalue weighted by atomic mass is 9.75. The van der Waals surface area contributed by atoms with Crippen molar-refractivity contribution in [2.24, 2.45) is 5.41 Å². The molecule has 0 aromatic heterocycles. The molecule has 3 aromatic carbocycles. The molecule has 248 valence electrons. The molecule has 1 aliphatic heterocycles. The Balaban J connectivity index is 1.40. The minimum Gasteiger partial charge on any atom is -0.497 e. The van der Waals surface area contributed by atoms with Crippen molar-refractivity contribution in [3.8, 4) is 11.5 Å². The van der Waals surface area contributed by atoms with Crippen LogP contribution in [0.1, 0.15) is 46.1 Å². The average Bonchev–Trinajstić information content (AvgIpc) is 3.08. The van der Waals surface area contributed by atoms with Gasteiger partial charge < -0.3 is 14.4 Å². The predicted octanol–water partition coefficient (Wildman–Crippen LogP) is 8.78. The second-order valence-electron chi connectivity index (χ2n) is 12.6. The standard InChI is InChI=1S/C40H43N3O4S/c1-7-41-37(44)36(38(45)42(8-2)39(41)48)24-13-30-25-29(26-40(3,4)27-30)10-9-28-11-14-31(15-12-28)43(32-16-20-34(46-5)21-17-32)33-18-22-35(47-6)23-19-33/h9-25H,7-8,26-27H2,1-6H3/b10-9+,30-13+. The van der Waals surface area contributed by atoms with E-state index in [1.165, 1.54) is 15.4 Å². The van der Waals surface area contributed by atoms with Gasteiger partial charge in [-0.05, 0) is 128 Å². The Kier molecular flexibility index (Phi) is 10.6. The third-order valence-corrected chi connectivity index (χ3v) is 8.99. The number of carbonyl (C=O) groups is 2. The van der Waals surface area contributed by atoms with E-state index in [-0.39, 0.29) is 27.9 Å². The van der Waals surface area contributed by atoms with Crippen LogP contribution >= 0.6 is 12.2 Å². The summed E-state index contributed by atoms with van der Waals surface area (Å²) in [6.45, 7) is 9.03. The van der Waals surface area contributed by atoms with Gasteiger partial charge >= 0.3 is 0 Å². The number of rotatable bonds is 10. The van der Waals surface area contributed by atoms with Crippen LogP contribution < -0.4 is 14.4 Å². The second kappa shape index (κ2) is 14.9. The number of likely N-dealkylation sites (N-methyl/N-ethyl adjacent to an activating group) is 2. The zero-order valence-electron chi connectivity index (χ0n) is 28.5. The lowest BCUT2D eigenvalue weighted by Gasteiger charge is -2.35. The van der Waals surface area contributed by atoms with Gasteiger partial charge in [0.15, 0.2) is 5.11 Å². The minimum absolute atomic E-state index is 0.0207. The molecule has 0 spiro atoms. The molecule has 0 bridgehead atoms. The van der Waals surface area contributed by atoms with Crippen molar-refractivity contribution < 1.29 is 19.1 Å². The van der Waals surface area contributed by atoms with E-state index < -0.39 is 0 Å². The summed E-state index contributed by atoms with van der Waals surface area (Å²) in [5.74, 6) is 0.926. The summed E-state index contributed by atoms with van der Waals surface area (Å²) in [7, 11) is 3.33. The highest BCUT2D eigenvalue weighted by molar-refractivity contribution is 7.80. The van der Waals surface area contributed by atoms with Gasteiger partial charge in [-0.15, -0.1) is 0 Å². The molecule has 1 fully saturated rings. The molecule has 0 atom stereocenters. The SMILES string of the molecule is CCN1C(=O)C(=C/C=C2C=C(/C=C/c3ccc(N(c4ccc(OC)cc4)c4ccc(OC)cc4)cc3)CC(C)(C)C\2)C(=O)N(CC)C1=S. The average molecular weight is 662 g/mol. The van der Waals surface area contributed by atoms with E-state index >= 15 is 0 Å². The van der Waals surface area contributed by atoms with Crippen LogP contribution in [0.15, 0.2) is 114 Å². The zero-order valence-corrected chi connectivity index (χ0v) is 29.3. The van der Waals surface area contributed by atoms with Crippen molar-refractivity contribution in [3.63, 3.8) is 0 Å². The van der Waals surface area contributed by atoms with Gasteiger partial charge in [-0.3, -0.25) is 19.4 Å². The van der Waals surface area contributed by atoms with E-state index in [1.807, 2.05) is 68.5 Å². The molecule has 0 saturated carbocycles. The van der Waals surface area contributed by atoms with Crippen LogP contribution in [0.25, 0.3) is 6.08 Å². The second-order valence-corrected chi connectivity index (χ2v) is 13.0. The van der Waals surface area contributed by atoms with Crippen LogP contribution in [-0.4, -0.2) is 54.0 Å². The zero-order chi connectivity index (χ0) is 34.4. The molecule has 0 radical (unpaired) electrons. The molecule has 0 unspecified atom stereocenters. The van der Waals surface area contributed by atoms with Gasteiger partial charge in [-0.1, -0.05) is 50.3 Å². The molecule has 0 N–H and O–H groups in total. The number of thiocarbonyl (C=S) groups is 1. The quantitative estimate of drug-likeness (QED) is 0.123. The molecule has 7 nitrogen and oxygen atoms in total. The summed E-state index contributed by atoms with van der Waals surface area (Å²) in [6, 6.07) is 24.5. The molecule has 2 amide bonds. The van der Waals surface area contributed by atoms with Crippen molar-refractivity contribution in [2.75, 3.05) is 32.2 Å². The fourth-order valence-corrected chi connectivity index (χ4v) is 6.59. The third-order valence-electron chi connectivity index (χ3n) is 8.55. The van der Waals surface area contributed by atoms with Crippen molar-refractivity contribution in [1.82, 2.24) is 9.80 Å². The predicted molar refractivity (Wildman–Crippen MR) is 198 cm³/mol. The lowest BCUT2D eigenvalue weighted by Crippen LogP contribution is -2.55. The maximum atomic E-state index is 13.1. The summed E-state index contributed by atoms with van der Waals surface area (Å²) < 4.78 is 10.8. The molecule has 1 heterocycles. The van der Waals surface area contributed by atoms with Crippen LogP contribution in [0.2, 0.25) is 0 Å². The number of nitrogens with zero attached hydrogens (tertiary/aromatic N) is 3. The maximum absolute atomic E-state index is 13.1. The highest BCUT2D eigenvalue weighted by Crippen LogP contribution is 2.39. The number of hydrogen-bond donors (Lipinski definition) is 0. The maximum Gasteiger partial charge on any atom is 0.265 e. The van der Waals surface area contributed by atoms with Crippen molar-refractivity contribution in [1.29, 1.82) is 0 Å². The molecule has 1 saturated heterocycles. The Hall–Kier alpha value is -4.95. The van der Waals surface area contributed by atoms with Gasteiger partial charge in [-0.25, -0.2) is 0 Å². The van der Waals surface area contributed by atoms with Gasteiger partial charge in [0.1, 0.15) is 17.1 Å². The smallest absolute Gasteiger partial charge is 0.265 e. The molecule has 48 heavy (non-hydrogen) atoms. The number of methoxy groups -OCH3 is 2. The third kappa shape index (κ3) is 7.60. The Labute approximate surface area is 289 Å². The molecule has 8 heteroatoms. The Bertz CT molecular complexity index is 1710. The van der Waals surface area contributed by atoms with Crippen molar-refractivity contribution in [3.05, 3.63) is 119 Å². The van der Waals surface area contributed by atoms with Gasteiger partial charge in [-0.2, -0.15) is 0 Å². The highest BCUT2D eigenvalue weighted by Gasteiger charge is 2.37. The number of carbonyl (C=O) groups excluding carboxylic acids is 2. The van der Waals surface area contributed by atoms with Crippen LogP contribution in [0.4, 0.5) is 17.1 Å². The number of benzene rings is 3. The molecular formula is C40H43N3O4S. The van der Waals surface area contributed by atoms with Gasteiger partial charge in [0.2, 0.25) is 0 Å². The van der Waals surface area contributed by atoms with E-state index in [0.29, 0.717) is 13.1 Å². The summed E-state index contributed by atoms with van der Waals surface area (Å²) in [5, 5.41) is 0.271. The van der Waals surface area contributed by atoms with Crippen molar-refractivity contribution >= 4 is 52.3 Å². The Morgan fingerprint density at radius 1 is 0.729 bits per heavy atom. The van der Waals surface area contributed by atoms with Gasteiger partial charge in [0.05, 0.1) is 14.2 Å². The summed E-state index contributed by atoms with van der Waals surface area (Å²) in [5.41, 5.74) is 6.55. The lowest BCUT2D eigenvalue weighted by molar-refractivity contribution is -0.133. The van der Waals surface area contributed by atoms with E-state index in [2.05, 4.69) is 61.2 Å². The fourth-order valence-electron chi connectivity index (χ4n) is 6.16. The number of allylic oxidation sites excluding steroid dienone is 6. The first-order valence-corrected chi connectivity index (χ1v) is 16.6. The first-order chi connectivity index (χ1) is 23.1. The van der Waals surface area contributed by atoms with E-state index in [9.17, 15) is 9.59 Å². The van der Waals surface area contributed by atoms with Crippen LogP contribution in [0.3, 0.4) is 0 Å². The first-order valence-electron chi connectivity index (χ1n) is 16.2. The van der Waals surface area contributed by atoms with Gasteiger partial charge in [0.25, 0.3) is 11.8 Å². The first kappa shape index (κ1) is 34.4. The fraction of sp³-hybridized carbons (Fsp3) is 0.275.